The van der Waals surface area contributed by atoms with Gasteiger partial charge in [-0.05, 0) is 17.9 Å². The van der Waals surface area contributed by atoms with Gasteiger partial charge in [-0.1, -0.05) is 49.4 Å². The molecule has 0 spiro atoms. The summed E-state index contributed by atoms with van der Waals surface area (Å²) in [6.45, 7) is 6.26. The van der Waals surface area contributed by atoms with E-state index in [1.165, 1.54) is 0 Å². The van der Waals surface area contributed by atoms with Crippen molar-refractivity contribution < 1.29 is 4.79 Å². The number of hydrogen-bond acceptors (Lipinski definition) is 5. The zero-order valence-electron chi connectivity index (χ0n) is 16.6. The van der Waals surface area contributed by atoms with Gasteiger partial charge in [0, 0.05) is 42.0 Å². The molecule has 0 saturated carbocycles. The Balaban J connectivity index is 1.34. The summed E-state index contributed by atoms with van der Waals surface area (Å²) in [6, 6.07) is 18.3. The summed E-state index contributed by atoms with van der Waals surface area (Å²) < 4.78 is 0. The number of amides is 1. The van der Waals surface area contributed by atoms with E-state index in [2.05, 4.69) is 29.3 Å². The fourth-order valence-electron chi connectivity index (χ4n) is 3.52. The molecular weight excluding hydrogens is 398 g/mol. The van der Waals surface area contributed by atoms with Gasteiger partial charge in [-0.25, -0.2) is 4.98 Å². The zero-order chi connectivity index (χ0) is 20.1. The Morgan fingerprint density at radius 1 is 1.03 bits per heavy atom. The lowest BCUT2D eigenvalue weighted by molar-refractivity contribution is 0.0625. The fraction of sp³-hybridized carbons (Fsp3) is 0.304. The van der Waals surface area contributed by atoms with Gasteiger partial charge in [0.05, 0.1) is 17.8 Å². The first-order valence-corrected chi connectivity index (χ1v) is 11.8. The standard InChI is InChI=1S/C23H25N3OS2/c1-2-28-21-11-7-6-10-19(21)23(27)26-14-12-25(13-15-26)16-22-24-20(17-29-22)18-8-4-3-5-9-18/h3-11,17H,2,12-16H2,1H3. The number of hydrogen-bond donors (Lipinski definition) is 0. The number of carbonyl (C=O) groups is 1. The van der Waals surface area contributed by atoms with Crippen LogP contribution in [0.2, 0.25) is 0 Å². The van der Waals surface area contributed by atoms with Crippen molar-refractivity contribution in [2.24, 2.45) is 0 Å². The van der Waals surface area contributed by atoms with Gasteiger partial charge in [0.2, 0.25) is 0 Å². The number of thiazole rings is 1. The van der Waals surface area contributed by atoms with Crippen molar-refractivity contribution in [3.05, 3.63) is 70.5 Å². The molecule has 1 aliphatic rings. The normalized spacial score (nSPS) is 14.9. The summed E-state index contributed by atoms with van der Waals surface area (Å²) in [6.07, 6.45) is 0. The lowest BCUT2D eigenvalue weighted by Crippen LogP contribution is -2.48. The molecule has 2 aromatic carbocycles. The predicted octanol–water partition coefficient (Wildman–Crippen LogP) is 4.88. The van der Waals surface area contributed by atoms with Crippen molar-refractivity contribution >= 4 is 29.0 Å². The van der Waals surface area contributed by atoms with Crippen LogP contribution in [0.1, 0.15) is 22.3 Å². The molecule has 4 rings (SSSR count). The molecule has 1 amide bonds. The monoisotopic (exact) mass is 423 g/mol. The molecule has 3 aromatic rings. The second kappa shape index (κ2) is 9.57. The van der Waals surface area contributed by atoms with E-state index in [1.54, 1.807) is 23.1 Å². The maximum Gasteiger partial charge on any atom is 0.255 e. The van der Waals surface area contributed by atoms with Gasteiger partial charge in [-0.3, -0.25) is 9.69 Å². The first-order chi connectivity index (χ1) is 14.2. The van der Waals surface area contributed by atoms with Crippen molar-refractivity contribution in [2.45, 2.75) is 18.4 Å². The molecule has 1 aliphatic heterocycles. The summed E-state index contributed by atoms with van der Waals surface area (Å²) in [4.78, 5) is 23.3. The lowest BCUT2D eigenvalue weighted by Gasteiger charge is -2.34. The van der Waals surface area contributed by atoms with E-state index < -0.39 is 0 Å². The first kappa shape index (κ1) is 20.1. The van der Waals surface area contributed by atoms with Gasteiger partial charge in [0.25, 0.3) is 5.91 Å². The van der Waals surface area contributed by atoms with Crippen LogP contribution in [-0.4, -0.2) is 52.6 Å². The third kappa shape index (κ3) is 4.89. The molecule has 0 aliphatic carbocycles. The fourth-order valence-corrected chi connectivity index (χ4v) is 5.16. The Morgan fingerprint density at radius 3 is 2.52 bits per heavy atom. The van der Waals surface area contributed by atoms with E-state index >= 15 is 0 Å². The highest BCUT2D eigenvalue weighted by atomic mass is 32.2. The van der Waals surface area contributed by atoms with Crippen LogP contribution in [0.25, 0.3) is 11.3 Å². The summed E-state index contributed by atoms with van der Waals surface area (Å²) in [7, 11) is 0. The van der Waals surface area contributed by atoms with Crippen LogP contribution in [0, 0.1) is 0 Å². The molecule has 2 heterocycles. The van der Waals surface area contributed by atoms with Crippen molar-refractivity contribution in [1.29, 1.82) is 0 Å². The van der Waals surface area contributed by atoms with Gasteiger partial charge in [0.15, 0.2) is 0 Å². The Labute approximate surface area is 180 Å². The third-order valence-electron chi connectivity index (χ3n) is 5.06. The van der Waals surface area contributed by atoms with Crippen molar-refractivity contribution in [1.82, 2.24) is 14.8 Å². The van der Waals surface area contributed by atoms with E-state index in [0.717, 1.165) is 65.2 Å². The molecule has 1 saturated heterocycles. The quantitative estimate of drug-likeness (QED) is 0.530. The van der Waals surface area contributed by atoms with Gasteiger partial charge in [0.1, 0.15) is 5.01 Å². The van der Waals surface area contributed by atoms with Crippen LogP contribution in [0.3, 0.4) is 0 Å². The van der Waals surface area contributed by atoms with Crippen LogP contribution in [0.4, 0.5) is 0 Å². The highest BCUT2D eigenvalue weighted by Gasteiger charge is 2.24. The number of piperazine rings is 1. The molecule has 0 N–H and O–H groups in total. The van der Waals surface area contributed by atoms with Crippen LogP contribution in [-0.2, 0) is 6.54 Å². The SMILES string of the molecule is CCSc1ccccc1C(=O)N1CCN(Cc2nc(-c3ccccc3)cs2)CC1. The second-order valence-electron chi connectivity index (χ2n) is 6.99. The number of benzene rings is 2. The smallest absolute Gasteiger partial charge is 0.255 e. The van der Waals surface area contributed by atoms with Crippen LogP contribution in [0.15, 0.2) is 64.9 Å². The Kier molecular flexibility index (Phi) is 6.64. The number of aromatic nitrogens is 1. The number of nitrogens with zero attached hydrogens (tertiary/aromatic N) is 3. The molecule has 4 nitrogen and oxygen atoms in total. The molecule has 0 unspecified atom stereocenters. The van der Waals surface area contributed by atoms with Gasteiger partial charge in [-0.2, -0.15) is 0 Å². The van der Waals surface area contributed by atoms with Crippen LogP contribution >= 0.6 is 23.1 Å². The number of rotatable bonds is 6. The summed E-state index contributed by atoms with van der Waals surface area (Å²) in [5.74, 6) is 1.12. The minimum absolute atomic E-state index is 0.154. The highest BCUT2D eigenvalue weighted by Crippen LogP contribution is 2.25. The van der Waals surface area contributed by atoms with Crippen LogP contribution in [0.5, 0.6) is 0 Å². The van der Waals surface area contributed by atoms with E-state index in [9.17, 15) is 4.79 Å². The maximum atomic E-state index is 13.0. The molecular formula is C23H25N3OS2. The minimum Gasteiger partial charge on any atom is -0.336 e. The molecule has 150 valence electrons. The number of carbonyl (C=O) groups excluding carboxylic acids is 1. The lowest BCUT2D eigenvalue weighted by atomic mass is 10.2. The van der Waals surface area contributed by atoms with Crippen molar-refractivity contribution in [3.63, 3.8) is 0 Å². The first-order valence-electron chi connectivity index (χ1n) is 9.98. The largest absolute Gasteiger partial charge is 0.336 e. The summed E-state index contributed by atoms with van der Waals surface area (Å²) in [5, 5.41) is 3.26. The average Bonchev–Trinajstić information content (AvgIpc) is 3.24. The van der Waals surface area contributed by atoms with Crippen molar-refractivity contribution in [2.75, 3.05) is 31.9 Å². The minimum atomic E-state index is 0.154. The van der Waals surface area contributed by atoms with Gasteiger partial charge < -0.3 is 4.90 Å². The zero-order valence-corrected chi connectivity index (χ0v) is 18.2. The van der Waals surface area contributed by atoms with E-state index in [0.29, 0.717) is 0 Å². The van der Waals surface area contributed by atoms with Gasteiger partial charge in [-0.15, -0.1) is 23.1 Å². The molecule has 6 heteroatoms. The number of thioether (sulfide) groups is 1. The van der Waals surface area contributed by atoms with Crippen molar-refractivity contribution in [3.8, 4) is 11.3 Å². The Bertz CT molecular complexity index is 950. The topological polar surface area (TPSA) is 36.4 Å². The summed E-state index contributed by atoms with van der Waals surface area (Å²) in [5.41, 5.74) is 3.04. The predicted molar refractivity (Wildman–Crippen MR) is 122 cm³/mol. The van der Waals surface area contributed by atoms with E-state index in [4.69, 9.17) is 4.98 Å². The van der Waals surface area contributed by atoms with E-state index in [1.807, 2.05) is 47.4 Å². The molecule has 0 radical (unpaired) electrons. The molecule has 0 atom stereocenters. The van der Waals surface area contributed by atoms with E-state index in [-0.39, 0.29) is 5.91 Å². The molecule has 29 heavy (non-hydrogen) atoms. The Morgan fingerprint density at radius 2 is 1.76 bits per heavy atom. The molecule has 0 bridgehead atoms. The summed E-state index contributed by atoms with van der Waals surface area (Å²) >= 11 is 3.45. The second-order valence-corrected chi connectivity index (χ2v) is 9.24. The molecule has 1 fully saturated rings. The van der Waals surface area contributed by atoms with Gasteiger partial charge >= 0.3 is 0 Å². The highest BCUT2D eigenvalue weighted by molar-refractivity contribution is 7.99. The maximum absolute atomic E-state index is 13.0. The Hall–Kier alpha value is -2.15. The average molecular weight is 424 g/mol. The van der Waals surface area contributed by atoms with Crippen LogP contribution < -0.4 is 0 Å². The third-order valence-corrected chi connectivity index (χ3v) is 6.85. The molecule has 1 aromatic heterocycles.